The third-order valence-corrected chi connectivity index (χ3v) is 4.56. The van der Waals surface area contributed by atoms with Crippen molar-refractivity contribution in [2.45, 2.75) is 13.8 Å². The summed E-state index contributed by atoms with van der Waals surface area (Å²) in [6, 6.07) is 5.34. The highest BCUT2D eigenvalue weighted by molar-refractivity contribution is 9.10. The summed E-state index contributed by atoms with van der Waals surface area (Å²) in [5, 5.41) is 3.32. The molecule has 1 saturated heterocycles. The average Bonchev–Trinajstić information content (AvgIpc) is 2.50. The Bertz CT molecular complexity index is 587. The van der Waals surface area contributed by atoms with E-state index in [4.69, 9.17) is 11.6 Å². The molecule has 0 saturated carbocycles. The lowest BCUT2D eigenvalue weighted by atomic mass is 10.1. The van der Waals surface area contributed by atoms with Gasteiger partial charge in [-0.25, -0.2) is 0 Å². The lowest BCUT2D eigenvalue weighted by Crippen LogP contribution is -2.51. The minimum absolute atomic E-state index is 0.0180. The molecule has 0 bridgehead atoms. The maximum atomic E-state index is 12.1. The molecule has 1 aliphatic heterocycles. The number of hydrogen-bond acceptors (Lipinski definition) is 3. The number of benzene rings is 1. The largest absolute Gasteiger partial charge is 0.340 e. The Balaban J connectivity index is 1.82. The third kappa shape index (κ3) is 5.19. The number of piperazine rings is 1. The molecule has 5 nitrogen and oxygen atoms in total. The summed E-state index contributed by atoms with van der Waals surface area (Å²) in [5.41, 5.74) is 0.605. The molecule has 126 valence electrons. The summed E-state index contributed by atoms with van der Waals surface area (Å²) in [4.78, 5) is 28.0. The molecule has 1 aliphatic rings. The average molecular weight is 403 g/mol. The first kappa shape index (κ1) is 18.2. The molecule has 0 unspecified atom stereocenters. The Hall–Kier alpha value is -1.11. The second kappa shape index (κ2) is 8.13. The number of rotatable bonds is 4. The van der Waals surface area contributed by atoms with Gasteiger partial charge in [-0.2, -0.15) is 0 Å². The number of hydrogen-bond donors (Lipinski definition) is 1. The van der Waals surface area contributed by atoms with Crippen molar-refractivity contribution in [3.8, 4) is 0 Å². The SMILES string of the molecule is CC(C)C(=O)N1CCN(CC(=O)Nc2ccc(Br)cc2Cl)CC1. The molecule has 23 heavy (non-hydrogen) atoms. The molecule has 0 spiro atoms. The predicted molar refractivity (Wildman–Crippen MR) is 95.6 cm³/mol. The Morgan fingerprint density at radius 2 is 1.91 bits per heavy atom. The van der Waals surface area contributed by atoms with Gasteiger partial charge in [0, 0.05) is 36.6 Å². The van der Waals surface area contributed by atoms with Gasteiger partial charge in [-0.1, -0.05) is 41.4 Å². The van der Waals surface area contributed by atoms with Crippen LogP contribution in [0.1, 0.15) is 13.8 Å². The quantitative estimate of drug-likeness (QED) is 0.842. The highest BCUT2D eigenvalue weighted by Crippen LogP contribution is 2.25. The molecule has 0 radical (unpaired) electrons. The number of carbonyl (C=O) groups excluding carboxylic acids is 2. The van der Waals surface area contributed by atoms with E-state index in [1.165, 1.54) is 0 Å². The van der Waals surface area contributed by atoms with Gasteiger partial charge in [-0.05, 0) is 18.2 Å². The number of nitrogens with zero attached hydrogens (tertiary/aromatic N) is 2. The van der Waals surface area contributed by atoms with Crippen LogP contribution in [0, 0.1) is 5.92 Å². The molecule has 1 aromatic carbocycles. The number of anilines is 1. The van der Waals surface area contributed by atoms with Gasteiger partial charge in [-0.3, -0.25) is 14.5 Å². The van der Waals surface area contributed by atoms with Crippen molar-refractivity contribution in [3.63, 3.8) is 0 Å². The first-order valence-corrected chi connectivity index (χ1v) is 8.80. The van der Waals surface area contributed by atoms with Crippen molar-refractivity contribution in [1.82, 2.24) is 9.80 Å². The predicted octanol–water partition coefficient (Wildman–Crippen LogP) is 2.84. The maximum absolute atomic E-state index is 12.1. The molecule has 0 aliphatic carbocycles. The summed E-state index contributed by atoms with van der Waals surface area (Å²) >= 11 is 9.43. The molecule has 0 atom stereocenters. The van der Waals surface area contributed by atoms with Crippen molar-refractivity contribution in [1.29, 1.82) is 0 Å². The zero-order chi connectivity index (χ0) is 17.0. The fourth-order valence-corrected chi connectivity index (χ4v) is 3.20. The van der Waals surface area contributed by atoms with Gasteiger partial charge < -0.3 is 10.2 Å². The first-order chi connectivity index (χ1) is 10.9. The van der Waals surface area contributed by atoms with Crippen molar-refractivity contribution in [2.24, 2.45) is 5.92 Å². The lowest BCUT2D eigenvalue weighted by molar-refractivity contribution is -0.136. The monoisotopic (exact) mass is 401 g/mol. The Morgan fingerprint density at radius 3 is 2.48 bits per heavy atom. The van der Waals surface area contributed by atoms with E-state index in [9.17, 15) is 9.59 Å². The fraction of sp³-hybridized carbons (Fsp3) is 0.500. The number of nitrogens with one attached hydrogen (secondary N) is 1. The van der Waals surface area contributed by atoms with Crippen molar-refractivity contribution in [3.05, 3.63) is 27.7 Å². The number of carbonyl (C=O) groups is 2. The van der Waals surface area contributed by atoms with E-state index in [1.54, 1.807) is 12.1 Å². The molecule has 0 aromatic heterocycles. The minimum atomic E-state index is -0.0992. The van der Waals surface area contributed by atoms with Crippen molar-refractivity contribution < 1.29 is 9.59 Å². The molecule has 1 fully saturated rings. The van der Waals surface area contributed by atoms with E-state index in [2.05, 4.69) is 21.2 Å². The van der Waals surface area contributed by atoms with Gasteiger partial charge >= 0.3 is 0 Å². The van der Waals surface area contributed by atoms with Gasteiger partial charge in [0.2, 0.25) is 11.8 Å². The molecule has 1 heterocycles. The smallest absolute Gasteiger partial charge is 0.238 e. The van der Waals surface area contributed by atoms with Crippen LogP contribution >= 0.6 is 27.5 Å². The van der Waals surface area contributed by atoms with E-state index in [0.29, 0.717) is 43.4 Å². The van der Waals surface area contributed by atoms with Gasteiger partial charge in [0.1, 0.15) is 0 Å². The number of amides is 2. The van der Waals surface area contributed by atoms with Gasteiger partial charge in [-0.15, -0.1) is 0 Å². The standard InChI is InChI=1S/C16H21BrClN3O2/c1-11(2)16(23)21-7-5-20(6-8-21)10-15(22)19-14-4-3-12(17)9-13(14)18/h3-4,9,11H,5-8,10H2,1-2H3,(H,19,22). The van der Waals surface area contributed by atoms with Crippen molar-refractivity contribution >= 4 is 45.0 Å². The summed E-state index contributed by atoms with van der Waals surface area (Å²) < 4.78 is 0.867. The summed E-state index contributed by atoms with van der Waals surface area (Å²) in [5.74, 6) is 0.0954. The molecular weight excluding hydrogens is 382 g/mol. The maximum Gasteiger partial charge on any atom is 0.238 e. The van der Waals surface area contributed by atoms with Crippen LogP contribution in [0.4, 0.5) is 5.69 Å². The van der Waals surface area contributed by atoms with E-state index >= 15 is 0 Å². The third-order valence-electron chi connectivity index (χ3n) is 3.75. The van der Waals surface area contributed by atoms with Gasteiger partial charge in [0.25, 0.3) is 0 Å². The minimum Gasteiger partial charge on any atom is -0.340 e. The van der Waals surface area contributed by atoms with E-state index in [-0.39, 0.29) is 17.7 Å². The zero-order valence-electron chi connectivity index (χ0n) is 13.3. The Kier molecular flexibility index (Phi) is 6.44. The fourth-order valence-electron chi connectivity index (χ4n) is 2.48. The van der Waals surface area contributed by atoms with Gasteiger partial charge in [0.05, 0.1) is 17.3 Å². The Morgan fingerprint density at radius 1 is 1.26 bits per heavy atom. The molecule has 1 N–H and O–H groups in total. The zero-order valence-corrected chi connectivity index (χ0v) is 15.7. The summed E-state index contributed by atoms with van der Waals surface area (Å²) in [6.07, 6.45) is 0. The van der Waals surface area contributed by atoms with Crippen LogP contribution in [0.5, 0.6) is 0 Å². The molecule has 2 amide bonds. The van der Waals surface area contributed by atoms with Crippen LogP contribution in [0.2, 0.25) is 5.02 Å². The van der Waals surface area contributed by atoms with Crippen molar-refractivity contribution in [2.75, 3.05) is 38.0 Å². The normalized spacial score (nSPS) is 15.8. The molecular formula is C16H21BrClN3O2. The van der Waals surface area contributed by atoms with E-state index < -0.39 is 0 Å². The molecule has 1 aromatic rings. The second-order valence-electron chi connectivity index (χ2n) is 5.93. The van der Waals surface area contributed by atoms with Crippen LogP contribution < -0.4 is 5.32 Å². The van der Waals surface area contributed by atoms with Crippen LogP contribution in [0.3, 0.4) is 0 Å². The highest BCUT2D eigenvalue weighted by atomic mass is 79.9. The van der Waals surface area contributed by atoms with Crippen LogP contribution in [0.15, 0.2) is 22.7 Å². The van der Waals surface area contributed by atoms with Crippen LogP contribution in [0.25, 0.3) is 0 Å². The first-order valence-electron chi connectivity index (χ1n) is 7.63. The molecule has 7 heteroatoms. The summed E-state index contributed by atoms with van der Waals surface area (Å²) in [6.45, 7) is 6.87. The lowest BCUT2D eigenvalue weighted by Gasteiger charge is -2.35. The van der Waals surface area contributed by atoms with Crippen LogP contribution in [-0.4, -0.2) is 54.3 Å². The van der Waals surface area contributed by atoms with E-state index in [1.807, 2.05) is 29.7 Å². The van der Waals surface area contributed by atoms with E-state index in [0.717, 1.165) is 4.47 Å². The number of halogens is 2. The Labute approximate surface area is 150 Å². The van der Waals surface area contributed by atoms with Gasteiger partial charge in [0.15, 0.2) is 0 Å². The highest BCUT2D eigenvalue weighted by Gasteiger charge is 2.23. The second-order valence-corrected chi connectivity index (χ2v) is 7.25. The van der Waals surface area contributed by atoms with Crippen LogP contribution in [-0.2, 0) is 9.59 Å². The topological polar surface area (TPSA) is 52.7 Å². The summed E-state index contributed by atoms with van der Waals surface area (Å²) in [7, 11) is 0. The molecule has 2 rings (SSSR count).